The average Bonchev–Trinajstić information content (AvgIpc) is 2.69. The highest BCUT2D eigenvalue weighted by atomic mass is 16.5. The van der Waals surface area contributed by atoms with Crippen molar-refractivity contribution in [2.45, 2.75) is 19.9 Å². The van der Waals surface area contributed by atoms with Gasteiger partial charge in [-0.3, -0.25) is 4.57 Å². The van der Waals surface area contributed by atoms with Gasteiger partial charge in [0.1, 0.15) is 5.52 Å². The minimum absolute atomic E-state index is 0.505. The molecule has 0 spiro atoms. The monoisotopic (exact) mass is 264 g/mol. The van der Waals surface area contributed by atoms with Gasteiger partial charge >= 0.3 is 0 Å². The minimum Gasteiger partial charge on any atom is -0.382 e. The molecule has 2 aromatic rings. The van der Waals surface area contributed by atoms with Crippen molar-refractivity contribution in [3.63, 3.8) is 0 Å². The molecule has 2 heterocycles. The maximum Gasteiger partial charge on any atom is 0.202 e. The van der Waals surface area contributed by atoms with Gasteiger partial charge in [0, 0.05) is 26.5 Å². The van der Waals surface area contributed by atoms with E-state index in [0.717, 1.165) is 29.7 Å². The quantitative estimate of drug-likeness (QED) is 0.764. The van der Waals surface area contributed by atoms with E-state index in [2.05, 4.69) is 9.97 Å². The Morgan fingerprint density at radius 3 is 2.95 bits per heavy atom. The fourth-order valence-corrected chi connectivity index (χ4v) is 1.92. The lowest BCUT2D eigenvalue weighted by Crippen LogP contribution is -2.08. The lowest BCUT2D eigenvalue weighted by atomic mass is 10.3. The highest BCUT2D eigenvalue weighted by Crippen LogP contribution is 2.16. The Balaban J connectivity index is 1.95. The summed E-state index contributed by atoms with van der Waals surface area (Å²) < 4.78 is 12.3. The molecule has 0 radical (unpaired) electrons. The summed E-state index contributed by atoms with van der Waals surface area (Å²) in [4.78, 5) is 8.71. The highest BCUT2D eigenvalue weighted by molar-refractivity contribution is 5.74. The summed E-state index contributed by atoms with van der Waals surface area (Å²) in [6, 6.07) is 1.99. The van der Waals surface area contributed by atoms with E-state index in [1.165, 1.54) is 0 Å². The summed E-state index contributed by atoms with van der Waals surface area (Å²) in [5, 5.41) is 0. The van der Waals surface area contributed by atoms with Crippen molar-refractivity contribution in [3.8, 4) is 0 Å². The van der Waals surface area contributed by atoms with Crippen LogP contribution in [0.2, 0.25) is 0 Å². The second kappa shape index (κ2) is 6.49. The lowest BCUT2D eigenvalue weighted by Gasteiger charge is -2.06. The fraction of sp³-hybridized carbons (Fsp3) is 0.538. The first-order valence-corrected chi connectivity index (χ1v) is 6.37. The summed E-state index contributed by atoms with van der Waals surface area (Å²) in [6.07, 6.45) is 2.70. The molecule has 0 aromatic carbocycles. The van der Waals surface area contributed by atoms with E-state index in [1.807, 2.05) is 23.8 Å². The number of nitrogen functional groups attached to an aromatic ring is 1. The maximum absolute atomic E-state index is 5.92. The predicted molar refractivity (Wildman–Crippen MR) is 74.0 cm³/mol. The molecule has 2 aromatic heterocycles. The number of aryl methyl sites for hydroxylation is 2. The van der Waals surface area contributed by atoms with Crippen LogP contribution in [0, 0.1) is 6.92 Å². The number of aromatic nitrogens is 3. The lowest BCUT2D eigenvalue weighted by molar-refractivity contribution is 0.0681. The van der Waals surface area contributed by atoms with Crippen molar-refractivity contribution in [1.29, 1.82) is 0 Å². The van der Waals surface area contributed by atoms with E-state index in [9.17, 15) is 0 Å². The van der Waals surface area contributed by atoms with Gasteiger partial charge in [0.25, 0.3) is 0 Å². The number of nitrogens with two attached hydrogens (primary N) is 1. The first-order valence-electron chi connectivity index (χ1n) is 6.37. The molecule has 19 heavy (non-hydrogen) atoms. The molecule has 0 saturated carbocycles. The van der Waals surface area contributed by atoms with E-state index in [0.29, 0.717) is 25.8 Å². The van der Waals surface area contributed by atoms with Crippen molar-refractivity contribution >= 4 is 17.1 Å². The molecule has 0 bridgehead atoms. The third kappa shape index (κ3) is 3.42. The van der Waals surface area contributed by atoms with Crippen LogP contribution in [0.25, 0.3) is 11.2 Å². The minimum atomic E-state index is 0.505. The zero-order valence-corrected chi connectivity index (χ0v) is 11.4. The highest BCUT2D eigenvalue weighted by Gasteiger charge is 2.08. The summed E-state index contributed by atoms with van der Waals surface area (Å²) in [6.45, 7) is 4.66. The van der Waals surface area contributed by atoms with Crippen LogP contribution in [0.1, 0.15) is 12.0 Å². The van der Waals surface area contributed by atoms with E-state index in [4.69, 9.17) is 15.2 Å². The van der Waals surface area contributed by atoms with Gasteiger partial charge in [-0.2, -0.15) is 0 Å². The number of anilines is 1. The topological polar surface area (TPSA) is 75.2 Å². The van der Waals surface area contributed by atoms with E-state index in [-0.39, 0.29) is 0 Å². The summed E-state index contributed by atoms with van der Waals surface area (Å²) in [5.41, 5.74) is 8.68. The van der Waals surface area contributed by atoms with Gasteiger partial charge in [-0.05, 0) is 25.0 Å². The Hall–Kier alpha value is -1.66. The van der Waals surface area contributed by atoms with Crippen molar-refractivity contribution < 1.29 is 9.47 Å². The average molecular weight is 264 g/mol. The molecule has 0 fully saturated rings. The molecule has 104 valence electrons. The molecule has 2 rings (SSSR count). The van der Waals surface area contributed by atoms with Crippen LogP contribution < -0.4 is 5.73 Å². The Kier molecular flexibility index (Phi) is 4.70. The third-order valence-electron chi connectivity index (χ3n) is 2.85. The van der Waals surface area contributed by atoms with Gasteiger partial charge in [-0.1, -0.05) is 0 Å². The second-order valence-corrected chi connectivity index (χ2v) is 4.44. The van der Waals surface area contributed by atoms with Crippen LogP contribution in [0.3, 0.4) is 0 Å². The molecule has 0 aliphatic heterocycles. The number of hydrogen-bond donors (Lipinski definition) is 1. The number of imidazole rings is 1. The number of hydrogen-bond acceptors (Lipinski definition) is 5. The zero-order valence-electron chi connectivity index (χ0n) is 11.4. The summed E-state index contributed by atoms with van der Waals surface area (Å²) in [7, 11) is 1.66. The molecule has 0 unspecified atom stereocenters. The third-order valence-corrected chi connectivity index (χ3v) is 2.85. The Labute approximate surface area is 112 Å². The van der Waals surface area contributed by atoms with E-state index in [1.54, 1.807) is 7.11 Å². The molecular formula is C13H20N4O2. The number of fused-ring (bicyclic) bond motifs is 1. The largest absolute Gasteiger partial charge is 0.382 e. The smallest absolute Gasteiger partial charge is 0.202 e. The fourth-order valence-electron chi connectivity index (χ4n) is 1.92. The summed E-state index contributed by atoms with van der Waals surface area (Å²) >= 11 is 0. The van der Waals surface area contributed by atoms with Crippen LogP contribution in [0.15, 0.2) is 12.3 Å². The Bertz CT molecular complexity index is 539. The number of ether oxygens (including phenoxy) is 2. The number of methoxy groups -OCH3 is 1. The van der Waals surface area contributed by atoms with Gasteiger partial charge in [0.2, 0.25) is 5.95 Å². The standard InChI is InChI=1S/C13H20N4O2/c1-10-8-11-12(15-9-10)17(13(14)16-11)4-3-5-19-7-6-18-2/h8-9H,3-7H2,1-2H3,(H2,14,16). The first kappa shape index (κ1) is 13.8. The van der Waals surface area contributed by atoms with Gasteiger partial charge in [0.05, 0.1) is 13.2 Å². The second-order valence-electron chi connectivity index (χ2n) is 4.44. The molecular weight excluding hydrogens is 244 g/mol. The SMILES string of the molecule is COCCOCCCn1c(N)nc2cc(C)cnc21. The van der Waals surface area contributed by atoms with Gasteiger partial charge < -0.3 is 15.2 Å². The molecule has 0 atom stereocenters. The Morgan fingerprint density at radius 2 is 2.16 bits per heavy atom. The molecule has 6 heteroatoms. The Morgan fingerprint density at radius 1 is 1.32 bits per heavy atom. The number of pyridine rings is 1. The number of nitrogens with zero attached hydrogens (tertiary/aromatic N) is 3. The van der Waals surface area contributed by atoms with Gasteiger partial charge in [-0.15, -0.1) is 0 Å². The molecule has 6 nitrogen and oxygen atoms in total. The molecule has 0 aliphatic carbocycles. The van der Waals surface area contributed by atoms with Crippen molar-refractivity contribution in [2.24, 2.45) is 0 Å². The van der Waals surface area contributed by atoms with Crippen LogP contribution in [-0.2, 0) is 16.0 Å². The van der Waals surface area contributed by atoms with Crippen LogP contribution in [-0.4, -0.2) is 41.5 Å². The normalized spacial score (nSPS) is 11.3. The molecule has 0 amide bonds. The first-order chi connectivity index (χ1) is 9.22. The van der Waals surface area contributed by atoms with Gasteiger partial charge in [0.15, 0.2) is 5.65 Å². The van der Waals surface area contributed by atoms with Gasteiger partial charge in [-0.25, -0.2) is 9.97 Å². The maximum atomic E-state index is 5.92. The van der Waals surface area contributed by atoms with Crippen LogP contribution >= 0.6 is 0 Å². The molecule has 2 N–H and O–H groups in total. The van der Waals surface area contributed by atoms with E-state index >= 15 is 0 Å². The van der Waals surface area contributed by atoms with Crippen LogP contribution in [0.4, 0.5) is 5.95 Å². The molecule has 0 saturated heterocycles. The van der Waals surface area contributed by atoms with Crippen molar-refractivity contribution in [2.75, 3.05) is 32.7 Å². The predicted octanol–water partition coefficient (Wildman–Crippen LogP) is 1.38. The molecule has 0 aliphatic rings. The van der Waals surface area contributed by atoms with Crippen molar-refractivity contribution in [1.82, 2.24) is 14.5 Å². The number of rotatable bonds is 7. The van der Waals surface area contributed by atoms with E-state index < -0.39 is 0 Å². The zero-order chi connectivity index (χ0) is 13.7. The van der Waals surface area contributed by atoms with Crippen LogP contribution in [0.5, 0.6) is 0 Å². The summed E-state index contributed by atoms with van der Waals surface area (Å²) in [5.74, 6) is 0.505. The van der Waals surface area contributed by atoms with Crippen molar-refractivity contribution in [3.05, 3.63) is 17.8 Å².